The Hall–Kier alpha value is -1.90. The number of anilines is 1. The summed E-state index contributed by atoms with van der Waals surface area (Å²) < 4.78 is 27.1. The van der Waals surface area contributed by atoms with E-state index in [1.165, 1.54) is 22.1 Å². The van der Waals surface area contributed by atoms with E-state index in [0.29, 0.717) is 18.8 Å². The van der Waals surface area contributed by atoms with E-state index in [4.69, 9.17) is 0 Å². The summed E-state index contributed by atoms with van der Waals surface area (Å²) >= 11 is 1.35. The van der Waals surface area contributed by atoms with Gasteiger partial charge in [0.05, 0.1) is 15.2 Å². The van der Waals surface area contributed by atoms with Crippen LogP contribution in [0.25, 0.3) is 0 Å². The van der Waals surface area contributed by atoms with Crippen LogP contribution in [0.1, 0.15) is 26.2 Å². The van der Waals surface area contributed by atoms with E-state index in [1.54, 1.807) is 31.3 Å². The van der Waals surface area contributed by atoms with Crippen LogP contribution in [-0.4, -0.2) is 42.0 Å². The number of benzene rings is 1. The number of aromatic nitrogens is 1. The van der Waals surface area contributed by atoms with Gasteiger partial charge in [-0.25, -0.2) is 13.4 Å². The smallest absolute Gasteiger partial charge is 0.243 e. The molecule has 144 valence electrons. The molecule has 1 fully saturated rings. The summed E-state index contributed by atoms with van der Waals surface area (Å²) in [6, 6.07) is 12.0. The first-order valence-electron chi connectivity index (χ1n) is 8.95. The number of carbonyl (C=O) groups excluding carboxylic acids is 1. The van der Waals surface area contributed by atoms with E-state index in [2.05, 4.69) is 10.3 Å². The minimum Gasteiger partial charge on any atom is -0.325 e. The maximum absolute atomic E-state index is 12.8. The van der Waals surface area contributed by atoms with E-state index >= 15 is 0 Å². The first kappa shape index (κ1) is 19.9. The Morgan fingerprint density at radius 3 is 2.63 bits per heavy atom. The summed E-state index contributed by atoms with van der Waals surface area (Å²) in [5.41, 5.74) is 0.478. The van der Waals surface area contributed by atoms with Crippen molar-refractivity contribution < 1.29 is 13.2 Å². The van der Waals surface area contributed by atoms with Crippen molar-refractivity contribution in [2.75, 3.05) is 18.4 Å². The monoisotopic (exact) mass is 405 g/mol. The fourth-order valence-corrected chi connectivity index (χ4v) is 5.25. The van der Waals surface area contributed by atoms with Gasteiger partial charge in [0.15, 0.2) is 0 Å². The third-order valence-electron chi connectivity index (χ3n) is 4.36. The molecule has 0 radical (unpaired) electrons. The molecule has 0 aliphatic carbocycles. The summed E-state index contributed by atoms with van der Waals surface area (Å²) in [4.78, 5) is 16.9. The van der Waals surface area contributed by atoms with E-state index in [-0.39, 0.29) is 16.1 Å². The Morgan fingerprint density at radius 1 is 1.15 bits per heavy atom. The molecule has 1 aliphatic rings. The highest BCUT2D eigenvalue weighted by molar-refractivity contribution is 8.00. The van der Waals surface area contributed by atoms with Crippen LogP contribution in [0.3, 0.4) is 0 Å². The second kappa shape index (κ2) is 8.86. The lowest BCUT2D eigenvalue weighted by molar-refractivity contribution is -0.115. The molecule has 2 heterocycles. The summed E-state index contributed by atoms with van der Waals surface area (Å²) in [7, 11) is -3.52. The zero-order chi connectivity index (χ0) is 19.3. The molecular weight excluding hydrogens is 382 g/mol. The molecule has 6 nitrogen and oxygen atoms in total. The van der Waals surface area contributed by atoms with Crippen molar-refractivity contribution in [3.8, 4) is 0 Å². The molecule has 1 aliphatic heterocycles. The van der Waals surface area contributed by atoms with Crippen LogP contribution in [-0.2, 0) is 14.8 Å². The number of rotatable bonds is 6. The van der Waals surface area contributed by atoms with Gasteiger partial charge in [-0.15, -0.1) is 0 Å². The van der Waals surface area contributed by atoms with Gasteiger partial charge in [-0.05, 0) is 50.1 Å². The molecule has 0 bridgehead atoms. The lowest BCUT2D eigenvalue weighted by atomic mass is 10.2. The van der Waals surface area contributed by atoms with Crippen LogP contribution >= 0.6 is 11.8 Å². The quantitative estimate of drug-likeness (QED) is 0.746. The number of nitrogens with one attached hydrogen (secondary N) is 1. The minimum absolute atomic E-state index is 0.196. The standard InChI is InChI=1S/C19H23N3O3S2/c1-15(26-18-10-3-4-11-20-18)19(23)21-16-8-7-9-17(14-16)27(24,25)22-12-5-2-6-13-22/h3-4,7-11,14-15H,2,5-6,12-13H2,1H3,(H,21,23). The number of thioether (sulfide) groups is 1. The molecule has 1 aromatic heterocycles. The SMILES string of the molecule is CC(Sc1ccccn1)C(=O)Nc1cccc(S(=O)(=O)N2CCCCC2)c1. The Bertz CT molecular complexity index is 882. The Kier molecular flexibility index (Phi) is 6.51. The van der Waals surface area contributed by atoms with Crippen molar-refractivity contribution in [3.05, 3.63) is 48.7 Å². The molecule has 1 aromatic carbocycles. The average Bonchev–Trinajstić information content (AvgIpc) is 2.69. The molecule has 1 saturated heterocycles. The second-order valence-corrected chi connectivity index (χ2v) is 9.71. The summed E-state index contributed by atoms with van der Waals surface area (Å²) in [6.45, 7) is 2.90. The van der Waals surface area contributed by atoms with Crippen LogP contribution in [0.15, 0.2) is 58.6 Å². The van der Waals surface area contributed by atoms with Gasteiger partial charge in [-0.2, -0.15) is 4.31 Å². The summed E-state index contributed by atoms with van der Waals surface area (Å²) in [6.07, 6.45) is 4.52. The number of nitrogens with zero attached hydrogens (tertiary/aromatic N) is 2. The van der Waals surface area contributed by atoms with Gasteiger partial charge in [0.25, 0.3) is 0 Å². The van der Waals surface area contributed by atoms with E-state index in [1.807, 2.05) is 18.2 Å². The first-order valence-corrected chi connectivity index (χ1v) is 11.3. The van der Waals surface area contributed by atoms with Crippen LogP contribution in [0.5, 0.6) is 0 Å². The number of hydrogen-bond acceptors (Lipinski definition) is 5. The molecule has 0 saturated carbocycles. The summed E-state index contributed by atoms with van der Waals surface area (Å²) in [5, 5.41) is 3.21. The van der Waals surface area contributed by atoms with Crippen molar-refractivity contribution in [2.45, 2.75) is 41.4 Å². The highest BCUT2D eigenvalue weighted by Gasteiger charge is 2.26. The van der Waals surface area contributed by atoms with Gasteiger partial charge >= 0.3 is 0 Å². The third kappa shape index (κ3) is 5.09. The zero-order valence-electron chi connectivity index (χ0n) is 15.2. The van der Waals surface area contributed by atoms with E-state index in [9.17, 15) is 13.2 Å². The van der Waals surface area contributed by atoms with Crippen molar-refractivity contribution in [1.29, 1.82) is 0 Å². The number of pyridine rings is 1. The number of hydrogen-bond donors (Lipinski definition) is 1. The van der Waals surface area contributed by atoms with Crippen molar-refractivity contribution >= 4 is 33.4 Å². The molecule has 0 spiro atoms. The van der Waals surface area contributed by atoms with Gasteiger partial charge < -0.3 is 5.32 Å². The Labute approximate surface area is 164 Å². The molecule has 1 unspecified atom stereocenters. The normalized spacial score (nSPS) is 16.6. The van der Waals surface area contributed by atoms with Crippen LogP contribution in [0.4, 0.5) is 5.69 Å². The molecule has 8 heteroatoms. The molecule has 1 atom stereocenters. The average molecular weight is 406 g/mol. The van der Waals surface area contributed by atoms with Gasteiger partial charge in [0.1, 0.15) is 0 Å². The lowest BCUT2D eigenvalue weighted by Gasteiger charge is -2.26. The van der Waals surface area contributed by atoms with Crippen molar-refractivity contribution in [1.82, 2.24) is 9.29 Å². The van der Waals surface area contributed by atoms with Crippen LogP contribution in [0.2, 0.25) is 0 Å². The van der Waals surface area contributed by atoms with Crippen molar-refractivity contribution in [3.63, 3.8) is 0 Å². The maximum atomic E-state index is 12.8. The maximum Gasteiger partial charge on any atom is 0.243 e. The van der Waals surface area contributed by atoms with E-state index < -0.39 is 10.0 Å². The predicted octanol–water partition coefficient (Wildman–Crippen LogP) is 3.38. The fraction of sp³-hybridized carbons (Fsp3) is 0.368. The van der Waals surface area contributed by atoms with Crippen LogP contribution in [0, 0.1) is 0 Å². The molecule has 2 aromatic rings. The largest absolute Gasteiger partial charge is 0.325 e. The third-order valence-corrected chi connectivity index (χ3v) is 7.30. The van der Waals surface area contributed by atoms with E-state index in [0.717, 1.165) is 24.3 Å². The van der Waals surface area contributed by atoms with Crippen LogP contribution < -0.4 is 5.32 Å². The molecule has 3 rings (SSSR count). The predicted molar refractivity (Wildman–Crippen MR) is 107 cm³/mol. The van der Waals surface area contributed by atoms with Gasteiger partial charge in [0.2, 0.25) is 15.9 Å². The summed E-state index contributed by atoms with van der Waals surface area (Å²) in [5.74, 6) is -0.196. The van der Waals surface area contributed by atoms with Gasteiger partial charge in [-0.1, -0.05) is 30.3 Å². The van der Waals surface area contributed by atoms with Gasteiger partial charge in [0, 0.05) is 25.0 Å². The number of carbonyl (C=O) groups is 1. The number of sulfonamides is 1. The fourth-order valence-electron chi connectivity index (χ4n) is 2.88. The lowest BCUT2D eigenvalue weighted by Crippen LogP contribution is -2.35. The highest BCUT2D eigenvalue weighted by atomic mass is 32.2. The molecule has 1 N–H and O–H groups in total. The Morgan fingerprint density at radius 2 is 1.93 bits per heavy atom. The van der Waals surface area contributed by atoms with Gasteiger partial charge in [-0.3, -0.25) is 4.79 Å². The molecule has 1 amide bonds. The Balaban J connectivity index is 1.69. The highest BCUT2D eigenvalue weighted by Crippen LogP contribution is 2.25. The number of amides is 1. The van der Waals surface area contributed by atoms with Crippen molar-refractivity contribution in [2.24, 2.45) is 0 Å². The first-order chi connectivity index (χ1) is 13.0. The minimum atomic E-state index is -3.52. The second-order valence-electron chi connectivity index (χ2n) is 6.41. The number of piperidine rings is 1. The zero-order valence-corrected chi connectivity index (χ0v) is 16.8. The molecule has 27 heavy (non-hydrogen) atoms. The topological polar surface area (TPSA) is 79.4 Å². The molecular formula is C19H23N3O3S2.